The highest BCUT2D eigenvalue weighted by Crippen LogP contribution is 2.33. The lowest BCUT2D eigenvalue weighted by atomic mass is 9.95. The molecule has 0 saturated heterocycles. The molecule has 0 spiro atoms. The highest BCUT2D eigenvalue weighted by molar-refractivity contribution is 5.32. The van der Waals surface area contributed by atoms with Gasteiger partial charge in [0.1, 0.15) is 5.82 Å². The van der Waals surface area contributed by atoms with Crippen LogP contribution in [0.25, 0.3) is 0 Å². The molecule has 0 saturated carbocycles. The van der Waals surface area contributed by atoms with Gasteiger partial charge in [-0.1, -0.05) is 12.1 Å². The molecule has 6 heteroatoms. The van der Waals surface area contributed by atoms with E-state index < -0.39 is 6.10 Å². The number of hydrogen-bond acceptors (Lipinski definition) is 4. The number of aromatic amines is 1. The molecule has 1 aromatic carbocycles. The first kappa shape index (κ1) is 17.1. The molecule has 1 aromatic heterocycles. The predicted molar refractivity (Wildman–Crippen MR) is 89.2 cm³/mol. The SMILES string of the molecule is CC(C)OC[C@H](O)CN1CCc2[nH]cnc2[C@@H]1c1ccc(F)cc1. The number of hydrogen-bond donors (Lipinski definition) is 2. The first-order valence-electron chi connectivity index (χ1n) is 8.36. The number of aliphatic hydroxyl groups is 1. The Morgan fingerprint density at radius 2 is 2.12 bits per heavy atom. The summed E-state index contributed by atoms with van der Waals surface area (Å²) < 4.78 is 18.8. The summed E-state index contributed by atoms with van der Waals surface area (Å²) in [4.78, 5) is 9.83. The fourth-order valence-corrected chi connectivity index (χ4v) is 3.16. The van der Waals surface area contributed by atoms with Crippen LogP contribution in [0.1, 0.15) is 36.8 Å². The van der Waals surface area contributed by atoms with Crippen LogP contribution in [-0.2, 0) is 11.2 Å². The van der Waals surface area contributed by atoms with Crippen LogP contribution in [0.4, 0.5) is 4.39 Å². The second-order valence-electron chi connectivity index (χ2n) is 6.50. The maximum absolute atomic E-state index is 13.3. The van der Waals surface area contributed by atoms with Crippen LogP contribution >= 0.6 is 0 Å². The molecule has 0 fully saturated rings. The summed E-state index contributed by atoms with van der Waals surface area (Å²) in [5.41, 5.74) is 3.03. The van der Waals surface area contributed by atoms with Gasteiger partial charge in [-0.05, 0) is 31.5 Å². The summed E-state index contributed by atoms with van der Waals surface area (Å²) in [5.74, 6) is -0.256. The maximum atomic E-state index is 13.3. The molecule has 1 aliphatic rings. The number of H-pyrrole nitrogens is 1. The summed E-state index contributed by atoms with van der Waals surface area (Å²) in [6.45, 7) is 5.49. The van der Waals surface area contributed by atoms with Crippen molar-refractivity contribution in [1.29, 1.82) is 0 Å². The standard InChI is InChI=1S/C18H24FN3O2/c1-12(2)24-10-15(23)9-22-8-7-16-17(21-11-20-16)18(22)13-3-5-14(19)6-4-13/h3-6,11-12,15,18,23H,7-10H2,1-2H3,(H,20,21)/t15-,18+/m1/s1. The highest BCUT2D eigenvalue weighted by Gasteiger charge is 2.32. The van der Waals surface area contributed by atoms with Gasteiger partial charge in [-0.25, -0.2) is 9.37 Å². The topological polar surface area (TPSA) is 61.4 Å². The molecule has 0 amide bonds. The summed E-state index contributed by atoms with van der Waals surface area (Å²) in [6.07, 6.45) is 2.07. The van der Waals surface area contributed by atoms with E-state index in [0.29, 0.717) is 13.2 Å². The maximum Gasteiger partial charge on any atom is 0.123 e. The van der Waals surface area contributed by atoms with E-state index in [2.05, 4.69) is 14.9 Å². The lowest BCUT2D eigenvalue weighted by Gasteiger charge is -2.36. The molecule has 0 radical (unpaired) electrons. The smallest absolute Gasteiger partial charge is 0.123 e. The van der Waals surface area contributed by atoms with E-state index in [1.54, 1.807) is 18.5 Å². The predicted octanol–water partition coefficient (Wildman–Crippen LogP) is 2.28. The van der Waals surface area contributed by atoms with E-state index in [1.807, 2.05) is 13.8 Å². The number of nitrogens with zero attached hydrogens (tertiary/aromatic N) is 2. The van der Waals surface area contributed by atoms with Gasteiger partial charge in [0.05, 0.1) is 36.9 Å². The number of aliphatic hydroxyl groups excluding tert-OH is 1. The van der Waals surface area contributed by atoms with E-state index in [4.69, 9.17) is 4.74 Å². The molecule has 0 aliphatic carbocycles. The molecule has 3 rings (SSSR count). The Hall–Kier alpha value is -1.76. The van der Waals surface area contributed by atoms with E-state index in [0.717, 1.165) is 29.9 Å². The zero-order valence-electron chi connectivity index (χ0n) is 14.1. The second kappa shape index (κ2) is 7.42. The molecule has 2 N–H and O–H groups in total. The second-order valence-corrected chi connectivity index (χ2v) is 6.50. The van der Waals surface area contributed by atoms with Crippen molar-refractivity contribution in [2.24, 2.45) is 0 Å². The Bertz CT molecular complexity index is 657. The third-order valence-corrected chi connectivity index (χ3v) is 4.28. The van der Waals surface area contributed by atoms with Crippen molar-refractivity contribution in [3.8, 4) is 0 Å². The quantitative estimate of drug-likeness (QED) is 0.851. The number of imidazole rings is 1. The third-order valence-electron chi connectivity index (χ3n) is 4.28. The van der Waals surface area contributed by atoms with Gasteiger partial charge in [0.25, 0.3) is 0 Å². The van der Waals surface area contributed by atoms with Gasteiger partial charge in [-0.2, -0.15) is 0 Å². The van der Waals surface area contributed by atoms with Gasteiger partial charge in [0, 0.05) is 25.2 Å². The highest BCUT2D eigenvalue weighted by atomic mass is 19.1. The molecule has 5 nitrogen and oxygen atoms in total. The van der Waals surface area contributed by atoms with E-state index in [9.17, 15) is 9.50 Å². The lowest BCUT2D eigenvalue weighted by Crippen LogP contribution is -2.42. The normalized spacial score (nSPS) is 19.5. The molecule has 2 atom stereocenters. The van der Waals surface area contributed by atoms with Crippen molar-refractivity contribution >= 4 is 0 Å². The Morgan fingerprint density at radius 1 is 1.38 bits per heavy atom. The van der Waals surface area contributed by atoms with Gasteiger partial charge < -0.3 is 14.8 Å². The molecular formula is C18H24FN3O2. The molecule has 0 unspecified atom stereocenters. The van der Waals surface area contributed by atoms with E-state index in [1.165, 1.54) is 12.1 Å². The first-order chi connectivity index (χ1) is 11.5. The van der Waals surface area contributed by atoms with Crippen LogP contribution in [0.2, 0.25) is 0 Å². The molecule has 2 heterocycles. The van der Waals surface area contributed by atoms with Crippen molar-refractivity contribution in [3.05, 3.63) is 53.4 Å². The van der Waals surface area contributed by atoms with E-state index >= 15 is 0 Å². The monoisotopic (exact) mass is 333 g/mol. The minimum absolute atomic E-state index is 0.0886. The van der Waals surface area contributed by atoms with Crippen LogP contribution < -0.4 is 0 Å². The Morgan fingerprint density at radius 3 is 2.83 bits per heavy atom. The molecule has 2 aromatic rings. The molecular weight excluding hydrogens is 309 g/mol. The summed E-state index contributed by atoms with van der Waals surface area (Å²) in [5, 5.41) is 10.3. The van der Waals surface area contributed by atoms with Crippen LogP contribution in [0, 0.1) is 5.82 Å². The zero-order chi connectivity index (χ0) is 17.1. The van der Waals surface area contributed by atoms with Crippen LogP contribution in [-0.4, -0.2) is 51.9 Å². The Labute approximate surface area is 141 Å². The molecule has 24 heavy (non-hydrogen) atoms. The first-order valence-corrected chi connectivity index (χ1v) is 8.36. The number of rotatable bonds is 6. The lowest BCUT2D eigenvalue weighted by molar-refractivity contribution is -0.0134. The van der Waals surface area contributed by atoms with Crippen molar-refractivity contribution in [1.82, 2.24) is 14.9 Å². The minimum atomic E-state index is -0.573. The zero-order valence-corrected chi connectivity index (χ0v) is 14.1. The van der Waals surface area contributed by atoms with Gasteiger partial charge in [0.15, 0.2) is 0 Å². The number of fused-ring (bicyclic) bond motifs is 1. The van der Waals surface area contributed by atoms with Crippen LogP contribution in [0.3, 0.4) is 0 Å². The number of benzene rings is 1. The van der Waals surface area contributed by atoms with Crippen LogP contribution in [0.5, 0.6) is 0 Å². The average molecular weight is 333 g/mol. The summed E-state index contributed by atoms with van der Waals surface area (Å²) in [7, 11) is 0. The number of ether oxygens (including phenoxy) is 1. The van der Waals surface area contributed by atoms with Gasteiger partial charge in [-0.3, -0.25) is 4.90 Å². The summed E-state index contributed by atoms with van der Waals surface area (Å²) >= 11 is 0. The van der Waals surface area contributed by atoms with Crippen molar-refractivity contribution in [2.45, 2.75) is 38.5 Å². The Kier molecular flexibility index (Phi) is 5.28. The average Bonchev–Trinajstić information content (AvgIpc) is 3.02. The van der Waals surface area contributed by atoms with Crippen molar-refractivity contribution in [3.63, 3.8) is 0 Å². The van der Waals surface area contributed by atoms with E-state index in [-0.39, 0.29) is 18.0 Å². The van der Waals surface area contributed by atoms with Gasteiger partial charge in [0.2, 0.25) is 0 Å². The van der Waals surface area contributed by atoms with Crippen molar-refractivity contribution in [2.75, 3.05) is 19.7 Å². The van der Waals surface area contributed by atoms with Crippen molar-refractivity contribution < 1.29 is 14.2 Å². The Balaban J connectivity index is 1.81. The third kappa shape index (κ3) is 3.83. The van der Waals surface area contributed by atoms with Crippen LogP contribution in [0.15, 0.2) is 30.6 Å². The number of β-amino-alcohol motifs (C(OH)–C–C–N with tert-alkyl or cyclic N) is 1. The fourth-order valence-electron chi connectivity index (χ4n) is 3.16. The molecule has 0 bridgehead atoms. The molecule has 130 valence electrons. The fraction of sp³-hybridized carbons (Fsp3) is 0.500. The molecule has 1 aliphatic heterocycles. The van der Waals surface area contributed by atoms with Gasteiger partial charge >= 0.3 is 0 Å². The number of nitrogens with one attached hydrogen (secondary N) is 1. The van der Waals surface area contributed by atoms with Gasteiger partial charge in [-0.15, -0.1) is 0 Å². The summed E-state index contributed by atoms with van der Waals surface area (Å²) in [6, 6.07) is 6.41. The number of halogens is 1. The largest absolute Gasteiger partial charge is 0.389 e. The minimum Gasteiger partial charge on any atom is -0.389 e. The number of aromatic nitrogens is 2.